The normalized spacial score (nSPS) is 12.0. The van der Waals surface area contributed by atoms with Crippen molar-refractivity contribution in [2.24, 2.45) is 5.92 Å². The van der Waals surface area contributed by atoms with E-state index in [9.17, 15) is 4.79 Å². The first-order valence-electron chi connectivity index (χ1n) is 10.0. The van der Waals surface area contributed by atoms with Crippen LogP contribution in [0.1, 0.15) is 33.1 Å². The van der Waals surface area contributed by atoms with E-state index >= 15 is 0 Å². The van der Waals surface area contributed by atoms with Gasteiger partial charge in [-0.3, -0.25) is 4.79 Å². The maximum absolute atomic E-state index is 11.7. The molecule has 1 unspecified atom stereocenters. The van der Waals surface area contributed by atoms with Crippen LogP contribution < -0.4 is 4.74 Å². The minimum Gasteiger partial charge on any atom is -0.478 e. The van der Waals surface area contributed by atoms with E-state index in [-0.39, 0.29) is 11.9 Å². The lowest BCUT2D eigenvalue weighted by molar-refractivity contribution is -0.147. The Kier molecular flexibility index (Phi) is 7.48. The van der Waals surface area contributed by atoms with Crippen molar-refractivity contribution in [2.45, 2.75) is 33.1 Å². The van der Waals surface area contributed by atoms with Gasteiger partial charge in [0.05, 0.1) is 24.6 Å². The molecule has 0 spiro atoms. The molecule has 0 amide bonds. The third-order valence-corrected chi connectivity index (χ3v) is 5.07. The third kappa shape index (κ3) is 5.70. The molecule has 5 heteroatoms. The second-order valence-electron chi connectivity index (χ2n) is 7.03. The summed E-state index contributed by atoms with van der Waals surface area (Å²) < 4.78 is 11.0. The number of unbranched alkanes of at least 4 members (excludes halogenated alkanes) is 1. The van der Waals surface area contributed by atoms with Crippen molar-refractivity contribution in [3.05, 3.63) is 59.6 Å². The van der Waals surface area contributed by atoms with Gasteiger partial charge in [-0.05, 0) is 55.5 Å². The molecular formula is C24H26ClNO3. The molecule has 0 aliphatic rings. The predicted molar refractivity (Wildman–Crippen MR) is 117 cm³/mol. The molecule has 1 aromatic heterocycles. The fraction of sp³-hybridized carbons (Fsp3) is 0.333. The van der Waals surface area contributed by atoms with Gasteiger partial charge in [0.2, 0.25) is 5.88 Å². The molecule has 1 atom stereocenters. The molecule has 29 heavy (non-hydrogen) atoms. The Balaban J connectivity index is 1.66. The zero-order valence-electron chi connectivity index (χ0n) is 16.9. The number of pyridine rings is 1. The average Bonchev–Trinajstić information content (AvgIpc) is 2.73. The Bertz CT molecular complexity index is 956. The Labute approximate surface area is 176 Å². The molecule has 1 heterocycles. The molecule has 0 bridgehead atoms. The number of rotatable bonds is 9. The highest BCUT2D eigenvalue weighted by molar-refractivity contribution is 6.30. The van der Waals surface area contributed by atoms with E-state index in [4.69, 9.17) is 21.1 Å². The van der Waals surface area contributed by atoms with E-state index in [1.165, 1.54) is 0 Å². The van der Waals surface area contributed by atoms with Gasteiger partial charge in [-0.25, -0.2) is 4.98 Å². The van der Waals surface area contributed by atoms with Crippen molar-refractivity contribution in [3.63, 3.8) is 0 Å². The SMILES string of the molecule is CCOC(=O)C(C)CCCCOc1cc(-c2ccc(Cl)cc2)c2ccccc2n1. The predicted octanol–water partition coefficient (Wildman–Crippen LogP) is 6.30. The van der Waals surface area contributed by atoms with E-state index in [1.54, 1.807) is 0 Å². The summed E-state index contributed by atoms with van der Waals surface area (Å²) in [6, 6.07) is 17.8. The second kappa shape index (κ2) is 10.3. The molecule has 0 aliphatic carbocycles. The minimum absolute atomic E-state index is 0.0785. The number of hydrogen-bond acceptors (Lipinski definition) is 4. The molecule has 0 N–H and O–H groups in total. The summed E-state index contributed by atoms with van der Waals surface area (Å²) in [6.07, 6.45) is 2.55. The summed E-state index contributed by atoms with van der Waals surface area (Å²) in [7, 11) is 0. The molecule has 3 aromatic rings. The van der Waals surface area contributed by atoms with Crippen molar-refractivity contribution in [2.75, 3.05) is 13.2 Å². The molecule has 4 nitrogen and oxygen atoms in total. The van der Waals surface area contributed by atoms with Crippen molar-refractivity contribution >= 4 is 28.5 Å². The first-order valence-corrected chi connectivity index (χ1v) is 10.4. The van der Waals surface area contributed by atoms with Crippen LogP contribution in [0.5, 0.6) is 5.88 Å². The highest BCUT2D eigenvalue weighted by Crippen LogP contribution is 2.31. The van der Waals surface area contributed by atoms with Crippen LogP contribution in [0.3, 0.4) is 0 Å². The Morgan fingerprint density at radius 2 is 1.86 bits per heavy atom. The number of nitrogens with zero attached hydrogens (tertiary/aromatic N) is 1. The number of hydrogen-bond donors (Lipinski definition) is 0. The van der Waals surface area contributed by atoms with Gasteiger partial charge < -0.3 is 9.47 Å². The van der Waals surface area contributed by atoms with Crippen LogP contribution in [0.4, 0.5) is 0 Å². The van der Waals surface area contributed by atoms with E-state index in [2.05, 4.69) is 11.1 Å². The lowest BCUT2D eigenvalue weighted by Gasteiger charge is -2.12. The minimum atomic E-state index is -0.128. The molecule has 0 aliphatic heterocycles. The van der Waals surface area contributed by atoms with Crippen LogP contribution in [0.2, 0.25) is 5.02 Å². The highest BCUT2D eigenvalue weighted by Gasteiger charge is 2.13. The number of carbonyl (C=O) groups is 1. The van der Waals surface area contributed by atoms with E-state index in [0.717, 1.165) is 41.3 Å². The van der Waals surface area contributed by atoms with Gasteiger partial charge in [0.1, 0.15) is 0 Å². The van der Waals surface area contributed by atoms with Crippen LogP contribution in [0.25, 0.3) is 22.0 Å². The van der Waals surface area contributed by atoms with Crippen LogP contribution in [-0.2, 0) is 9.53 Å². The molecule has 0 fully saturated rings. The number of carbonyl (C=O) groups excluding carboxylic acids is 1. The van der Waals surface area contributed by atoms with Crippen LogP contribution >= 0.6 is 11.6 Å². The zero-order valence-corrected chi connectivity index (χ0v) is 17.6. The maximum Gasteiger partial charge on any atom is 0.308 e. The smallest absolute Gasteiger partial charge is 0.308 e. The Morgan fingerprint density at radius 1 is 1.10 bits per heavy atom. The summed E-state index contributed by atoms with van der Waals surface area (Å²) in [5, 5.41) is 1.78. The van der Waals surface area contributed by atoms with Gasteiger partial charge in [0.15, 0.2) is 0 Å². The van der Waals surface area contributed by atoms with Crippen molar-refractivity contribution in [1.82, 2.24) is 4.98 Å². The first kappa shape index (κ1) is 21.1. The number of fused-ring (bicyclic) bond motifs is 1. The quantitative estimate of drug-likeness (QED) is 0.306. The molecule has 0 saturated heterocycles. The van der Waals surface area contributed by atoms with Gasteiger partial charge in [-0.1, -0.05) is 48.9 Å². The van der Waals surface area contributed by atoms with Crippen molar-refractivity contribution < 1.29 is 14.3 Å². The third-order valence-electron chi connectivity index (χ3n) is 4.82. The van der Waals surface area contributed by atoms with Gasteiger partial charge in [0.25, 0.3) is 0 Å². The molecule has 0 radical (unpaired) electrons. The largest absolute Gasteiger partial charge is 0.478 e. The lowest BCUT2D eigenvalue weighted by Crippen LogP contribution is -2.14. The van der Waals surface area contributed by atoms with Crippen LogP contribution in [0, 0.1) is 5.92 Å². The number of para-hydroxylation sites is 1. The number of ether oxygens (including phenoxy) is 2. The molecule has 0 saturated carbocycles. The molecular weight excluding hydrogens is 386 g/mol. The molecule has 152 valence electrons. The second-order valence-corrected chi connectivity index (χ2v) is 7.47. The Hall–Kier alpha value is -2.59. The van der Waals surface area contributed by atoms with Gasteiger partial charge in [-0.15, -0.1) is 0 Å². The monoisotopic (exact) mass is 411 g/mol. The zero-order chi connectivity index (χ0) is 20.6. The van der Waals surface area contributed by atoms with E-state index in [1.807, 2.05) is 62.4 Å². The van der Waals surface area contributed by atoms with Gasteiger partial charge >= 0.3 is 5.97 Å². The fourth-order valence-electron chi connectivity index (χ4n) is 3.23. The standard InChI is InChI=1S/C24H26ClNO3/c1-3-28-24(27)17(2)8-6-7-15-29-23-16-21(18-11-13-19(25)14-12-18)20-9-4-5-10-22(20)26-23/h4-5,9-14,16-17H,3,6-8,15H2,1-2H3. The number of halogens is 1. The summed E-state index contributed by atoms with van der Waals surface area (Å²) in [4.78, 5) is 16.3. The number of aromatic nitrogens is 1. The number of benzene rings is 2. The summed E-state index contributed by atoms with van der Waals surface area (Å²) in [5.74, 6) is 0.398. The summed E-state index contributed by atoms with van der Waals surface area (Å²) in [5.41, 5.74) is 3.03. The first-order chi connectivity index (χ1) is 14.1. The van der Waals surface area contributed by atoms with Crippen molar-refractivity contribution in [3.8, 4) is 17.0 Å². The van der Waals surface area contributed by atoms with Gasteiger partial charge in [-0.2, -0.15) is 0 Å². The Morgan fingerprint density at radius 3 is 2.62 bits per heavy atom. The maximum atomic E-state index is 11.7. The lowest BCUT2D eigenvalue weighted by atomic mass is 10.0. The topological polar surface area (TPSA) is 48.4 Å². The van der Waals surface area contributed by atoms with Crippen molar-refractivity contribution in [1.29, 1.82) is 0 Å². The summed E-state index contributed by atoms with van der Waals surface area (Å²) >= 11 is 6.04. The highest BCUT2D eigenvalue weighted by atomic mass is 35.5. The van der Waals surface area contributed by atoms with E-state index < -0.39 is 0 Å². The number of esters is 1. The van der Waals surface area contributed by atoms with E-state index in [0.29, 0.717) is 24.1 Å². The van der Waals surface area contributed by atoms with Crippen LogP contribution in [-0.4, -0.2) is 24.2 Å². The average molecular weight is 412 g/mol. The van der Waals surface area contributed by atoms with Crippen LogP contribution in [0.15, 0.2) is 54.6 Å². The van der Waals surface area contributed by atoms with Gasteiger partial charge in [0, 0.05) is 16.5 Å². The molecule has 3 rings (SSSR count). The fourth-order valence-corrected chi connectivity index (χ4v) is 3.35. The molecule has 2 aromatic carbocycles. The summed E-state index contributed by atoms with van der Waals surface area (Å²) in [6.45, 7) is 4.71.